The molecule has 0 radical (unpaired) electrons. The van der Waals surface area contributed by atoms with Crippen molar-refractivity contribution in [3.05, 3.63) is 35.6 Å². The van der Waals surface area contributed by atoms with Gasteiger partial charge in [0.25, 0.3) is 0 Å². The van der Waals surface area contributed by atoms with Gasteiger partial charge in [0.05, 0.1) is 12.8 Å². The summed E-state index contributed by atoms with van der Waals surface area (Å²) in [7, 11) is 1.53. The molecule has 8 heteroatoms. The monoisotopic (exact) mass is 347 g/mol. The summed E-state index contributed by atoms with van der Waals surface area (Å²) in [6.07, 6.45) is 3.76. The van der Waals surface area contributed by atoms with Crippen LogP contribution in [0.15, 0.2) is 30.6 Å². The number of anilines is 3. The number of carbonyl (C=O) groups is 1. The van der Waals surface area contributed by atoms with E-state index < -0.39 is 6.03 Å². The molecule has 0 spiro atoms. The molecular formula is C16H18ClN5O2. The summed E-state index contributed by atoms with van der Waals surface area (Å²) in [6.45, 7) is 1.95. The number of hydrogen-bond acceptors (Lipinski definition) is 5. The highest BCUT2D eigenvalue weighted by Gasteiger charge is 2.15. The van der Waals surface area contributed by atoms with Gasteiger partial charge in [-0.3, -0.25) is 5.32 Å². The zero-order chi connectivity index (χ0) is 16.9. The average molecular weight is 348 g/mol. The highest BCUT2D eigenvalue weighted by Crippen LogP contribution is 2.27. The van der Waals surface area contributed by atoms with Crippen molar-refractivity contribution >= 4 is 35.0 Å². The maximum atomic E-state index is 12.2. The quantitative estimate of drug-likeness (QED) is 0.886. The predicted molar refractivity (Wildman–Crippen MR) is 94.1 cm³/mol. The Morgan fingerprint density at radius 1 is 1.21 bits per heavy atom. The Kier molecular flexibility index (Phi) is 5.00. The first-order valence-corrected chi connectivity index (χ1v) is 8.02. The van der Waals surface area contributed by atoms with Crippen LogP contribution in [-0.4, -0.2) is 36.2 Å². The lowest BCUT2D eigenvalue weighted by atomic mass is 10.3. The first kappa shape index (κ1) is 16.3. The van der Waals surface area contributed by atoms with E-state index in [1.54, 1.807) is 24.3 Å². The first-order valence-electron chi connectivity index (χ1n) is 7.64. The van der Waals surface area contributed by atoms with Gasteiger partial charge in [0.15, 0.2) is 0 Å². The molecule has 0 atom stereocenters. The van der Waals surface area contributed by atoms with Crippen molar-refractivity contribution in [1.29, 1.82) is 0 Å². The molecule has 2 heterocycles. The highest BCUT2D eigenvalue weighted by molar-refractivity contribution is 6.31. The number of aromatic nitrogens is 2. The molecule has 2 aromatic rings. The molecule has 0 saturated carbocycles. The summed E-state index contributed by atoms with van der Waals surface area (Å²) in [5.41, 5.74) is 0.483. The van der Waals surface area contributed by atoms with E-state index in [0.717, 1.165) is 31.7 Å². The van der Waals surface area contributed by atoms with Gasteiger partial charge in [-0.2, -0.15) is 0 Å². The summed E-state index contributed by atoms with van der Waals surface area (Å²) in [5.74, 6) is 1.78. The second kappa shape index (κ2) is 7.35. The van der Waals surface area contributed by atoms with Gasteiger partial charge in [0.1, 0.15) is 23.7 Å². The number of amides is 2. The van der Waals surface area contributed by atoms with E-state index in [1.165, 1.54) is 13.4 Å². The van der Waals surface area contributed by atoms with E-state index >= 15 is 0 Å². The highest BCUT2D eigenvalue weighted by atomic mass is 35.5. The number of nitrogens with zero attached hydrogens (tertiary/aromatic N) is 3. The lowest BCUT2D eigenvalue weighted by molar-refractivity contribution is 0.262. The Labute approximate surface area is 145 Å². The minimum absolute atomic E-state index is 0.429. The van der Waals surface area contributed by atoms with Gasteiger partial charge in [-0.05, 0) is 31.0 Å². The van der Waals surface area contributed by atoms with E-state index in [2.05, 4.69) is 25.5 Å². The van der Waals surface area contributed by atoms with Gasteiger partial charge in [0.2, 0.25) is 0 Å². The fourth-order valence-corrected chi connectivity index (χ4v) is 2.75. The third-order valence-corrected chi connectivity index (χ3v) is 3.97. The molecule has 126 valence electrons. The normalized spacial score (nSPS) is 13.7. The fourth-order valence-electron chi connectivity index (χ4n) is 2.58. The Bertz CT molecular complexity index is 734. The predicted octanol–water partition coefficient (Wildman–Crippen LogP) is 3.38. The zero-order valence-electron chi connectivity index (χ0n) is 13.3. The molecule has 0 aliphatic carbocycles. The molecule has 0 unspecified atom stereocenters. The van der Waals surface area contributed by atoms with Crippen molar-refractivity contribution in [2.75, 3.05) is 35.7 Å². The summed E-state index contributed by atoms with van der Waals surface area (Å²) in [6, 6.07) is 6.33. The molecule has 7 nitrogen and oxygen atoms in total. The summed E-state index contributed by atoms with van der Waals surface area (Å²) in [5, 5.41) is 5.91. The second-order valence-corrected chi connectivity index (χ2v) is 5.82. The molecule has 1 aliphatic rings. The van der Waals surface area contributed by atoms with Crippen LogP contribution in [0, 0.1) is 0 Å². The standard InChI is InChI=1S/C16H18ClN5O2/c1-24-13-5-4-11(17)8-12(13)20-16(23)21-14-9-15(19-10-18-14)22-6-2-3-7-22/h4-5,8-10H,2-3,6-7H2,1H3,(H2,18,19,20,21,23). The van der Waals surface area contributed by atoms with Crippen molar-refractivity contribution in [3.63, 3.8) is 0 Å². The van der Waals surface area contributed by atoms with E-state index in [0.29, 0.717) is 22.3 Å². The first-order chi connectivity index (χ1) is 11.7. The smallest absolute Gasteiger partial charge is 0.324 e. The molecule has 24 heavy (non-hydrogen) atoms. The third-order valence-electron chi connectivity index (χ3n) is 3.73. The van der Waals surface area contributed by atoms with Crippen LogP contribution >= 0.6 is 11.6 Å². The van der Waals surface area contributed by atoms with Gasteiger partial charge in [-0.25, -0.2) is 14.8 Å². The van der Waals surface area contributed by atoms with Crippen LogP contribution < -0.4 is 20.3 Å². The summed E-state index contributed by atoms with van der Waals surface area (Å²) in [4.78, 5) is 22.7. The Balaban J connectivity index is 1.69. The fraction of sp³-hybridized carbons (Fsp3) is 0.312. The Morgan fingerprint density at radius 3 is 2.75 bits per heavy atom. The third kappa shape index (κ3) is 3.86. The molecule has 0 bridgehead atoms. The zero-order valence-corrected chi connectivity index (χ0v) is 14.0. The Morgan fingerprint density at radius 2 is 2.00 bits per heavy atom. The SMILES string of the molecule is COc1ccc(Cl)cc1NC(=O)Nc1cc(N2CCCC2)ncn1. The number of methoxy groups -OCH3 is 1. The number of nitrogens with one attached hydrogen (secondary N) is 2. The minimum atomic E-state index is -0.429. The lowest BCUT2D eigenvalue weighted by Crippen LogP contribution is -2.22. The largest absolute Gasteiger partial charge is 0.495 e. The van der Waals surface area contributed by atoms with Crippen molar-refractivity contribution < 1.29 is 9.53 Å². The van der Waals surface area contributed by atoms with Gasteiger partial charge < -0.3 is 15.0 Å². The van der Waals surface area contributed by atoms with Crippen LogP contribution in [0.25, 0.3) is 0 Å². The number of carbonyl (C=O) groups excluding carboxylic acids is 1. The van der Waals surface area contributed by atoms with Crippen molar-refractivity contribution in [1.82, 2.24) is 9.97 Å². The maximum Gasteiger partial charge on any atom is 0.324 e. The van der Waals surface area contributed by atoms with Crippen molar-refractivity contribution in [2.45, 2.75) is 12.8 Å². The van der Waals surface area contributed by atoms with Crippen LogP contribution in [0.3, 0.4) is 0 Å². The molecule has 2 amide bonds. The Hall–Kier alpha value is -2.54. The van der Waals surface area contributed by atoms with E-state index in [9.17, 15) is 4.79 Å². The number of halogens is 1. The molecule has 1 aromatic carbocycles. The van der Waals surface area contributed by atoms with E-state index in [1.807, 2.05) is 0 Å². The number of ether oxygens (including phenoxy) is 1. The molecule has 3 rings (SSSR count). The number of benzene rings is 1. The minimum Gasteiger partial charge on any atom is -0.495 e. The van der Waals surface area contributed by atoms with Crippen LogP contribution in [0.5, 0.6) is 5.75 Å². The summed E-state index contributed by atoms with van der Waals surface area (Å²) < 4.78 is 5.20. The van der Waals surface area contributed by atoms with Gasteiger partial charge >= 0.3 is 6.03 Å². The van der Waals surface area contributed by atoms with Crippen LogP contribution in [0.1, 0.15) is 12.8 Å². The van der Waals surface area contributed by atoms with E-state index in [4.69, 9.17) is 16.3 Å². The second-order valence-electron chi connectivity index (χ2n) is 5.38. The molecule has 1 aliphatic heterocycles. The number of hydrogen-bond donors (Lipinski definition) is 2. The van der Waals surface area contributed by atoms with Gasteiger partial charge in [0, 0.05) is 24.2 Å². The lowest BCUT2D eigenvalue weighted by Gasteiger charge is -2.16. The maximum absolute atomic E-state index is 12.2. The van der Waals surface area contributed by atoms with Crippen molar-refractivity contribution in [2.24, 2.45) is 0 Å². The van der Waals surface area contributed by atoms with Gasteiger partial charge in [-0.1, -0.05) is 11.6 Å². The van der Waals surface area contributed by atoms with Crippen LogP contribution in [0.2, 0.25) is 5.02 Å². The molecule has 1 aromatic heterocycles. The molecule has 1 fully saturated rings. The number of rotatable bonds is 4. The average Bonchev–Trinajstić information content (AvgIpc) is 3.10. The van der Waals surface area contributed by atoms with Crippen LogP contribution in [-0.2, 0) is 0 Å². The molecular weight excluding hydrogens is 330 g/mol. The molecule has 2 N–H and O–H groups in total. The number of urea groups is 1. The van der Waals surface area contributed by atoms with Gasteiger partial charge in [-0.15, -0.1) is 0 Å². The topological polar surface area (TPSA) is 79.4 Å². The van der Waals surface area contributed by atoms with E-state index in [-0.39, 0.29) is 0 Å². The van der Waals surface area contributed by atoms with Crippen LogP contribution in [0.4, 0.5) is 22.1 Å². The molecule has 1 saturated heterocycles. The van der Waals surface area contributed by atoms with Crippen molar-refractivity contribution in [3.8, 4) is 5.75 Å². The summed E-state index contributed by atoms with van der Waals surface area (Å²) >= 11 is 5.96.